The zero-order valence-electron chi connectivity index (χ0n) is 21.9. The highest BCUT2D eigenvalue weighted by molar-refractivity contribution is 7.92. The smallest absolute Gasteiger partial charge is 0.229 e. The van der Waals surface area contributed by atoms with Crippen LogP contribution < -0.4 is 24.2 Å². The van der Waals surface area contributed by atoms with E-state index in [-0.39, 0.29) is 12.3 Å². The van der Waals surface area contributed by atoms with Crippen molar-refractivity contribution >= 4 is 15.7 Å². The zero-order valence-corrected chi connectivity index (χ0v) is 22.7. The third-order valence-corrected chi connectivity index (χ3v) is 7.08. The summed E-state index contributed by atoms with van der Waals surface area (Å²) in [7, 11) is -1.85. The molecule has 3 aromatic carbocycles. The summed E-state index contributed by atoms with van der Waals surface area (Å²) in [5, 5.41) is 13.9. The van der Waals surface area contributed by atoms with E-state index in [2.05, 4.69) is 22.2 Å². The molecule has 0 amide bonds. The van der Waals surface area contributed by atoms with Crippen molar-refractivity contribution in [2.75, 3.05) is 37.8 Å². The van der Waals surface area contributed by atoms with Crippen LogP contribution in [0.4, 0.5) is 5.69 Å². The molecule has 0 fully saturated rings. The molecule has 0 saturated carbocycles. The van der Waals surface area contributed by atoms with Gasteiger partial charge in [0.1, 0.15) is 36.6 Å². The van der Waals surface area contributed by atoms with Crippen molar-refractivity contribution < 1.29 is 27.7 Å². The van der Waals surface area contributed by atoms with Crippen LogP contribution in [0.1, 0.15) is 35.4 Å². The van der Waals surface area contributed by atoms with Crippen LogP contribution >= 0.6 is 0 Å². The van der Waals surface area contributed by atoms with Gasteiger partial charge in [-0.15, -0.1) is 0 Å². The van der Waals surface area contributed by atoms with E-state index in [0.717, 1.165) is 43.4 Å². The van der Waals surface area contributed by atoms with Crippen molar-refractivity contribution in [1.29, 1.82) is 0 Å². The Morgan fingerprint density at radius 2 is 1.82 bits per heavy atom. The van der Waals surface area contributed by atoms with E-state index < -0.39 is 16.1 Å². The number of nitrogens with one attached hydrogen (secondary N) is 2. The van der Waals surface area contributed by atoms with Crippen LogP contribution in [0.3, 0.4) is 0 Å². The fraction of sp³-hybridized carbons (Fsp3) is 0.379. The van der Waals surface area contributed by atoms with Crippen LogP contribution in [0.25, 0.3) is 0 Å². The number of anilines is 1. The monoisotopic (exact) mass is 540 g/mol. The average molecular weight is 541 g/mol. The lowest BCUT2D eigenvalue weighted by molar-refractivity contribution is 0.106. The normalized spacial score (nSPS) is 15.8. The summed E-state index contributed by atoms with van der Waals surface area (Å²) in [5.74, 6) is 2.05. The molecule has 0 radical (unpaired) electrons. The summed E-state index contributed by atoms with van der Waals surface area (Å²) in [6, 6.07) is 20.8. The Bertz CT molecular complexity index is 1300. The molecule has 3 N–H and O–H groups in total. The van der Waals surface area contributed by atoms with Gasteiger partial charge in [0.05, 0.1) is 19.1 Å². The van der Waals surface area contributed by atoms with Crippen molar-refractivity contribution in [3.63, 3.8) is 0 Å². The standard InChI is InChI=1S/C29H36N2O6S/c1-35-25-12-11-22-9-6-10-23(27(22)15-25)17-30-18-24(32)20-36-26-13-14-29(28(16-26)31-38(2,33)34)37-19-21-7-4-3-5-8-21/h3-5,7-8,11-16,23-24,30-32H,6,9-10,17-20H2,1-2H3/t23?,24-/m0/s1. The molecule has 1 unspecified atom stereocenters. The van der Waals surface area contributed by atoms with Crippen LogP contribution in [-0.4, -0.2) is 52.7 Å². The van der Waals surface area contributed by atoms with E-state index in [9.17, 15) is 13.5 Å². The quantitative estimate of drug-likeness (QED) is 0.300. The van der Waals surface area contributed by atoms with Crippen LogP contribution in [0.2, 0.25) is 0 Å². The number of benzene rings is 3. The summed E-state index contributed by atoms with van der Waals surface area (Å²) in [4.78, 5) is 0. The van der Waals surface area contributed by atoms with Gasteiger partial charge in [-0.2, -0.15) is 0 Å². The summed E-state index contributed by atoms with van der Waals surface area (Å²) >= 11 is 0. The van der Waals surface area contributed by atoms with Gasteiger partial charge in [0.25, 0.3) is 0 Å². The number of aliphatic hydroxyl groups excluding tert-OH is 1. The van der Waals surface area contributed by atoms with E-state index in [1.807, 2.05) is 36.4 Å². The second-order valence-electron chi connectivity index (χ2n) is 9.58. The van der Waals surface area contributed by atoms with Gasteiger partial charge in [-0.1, -0.05) is 36.4 Å². The van der Waals surface area contributed by atoms with Crippen LogP contribution in [-0.2, 0) is 23.1 Å². The van der Waals surface area contributed by atoms with E-state index >= 15 is 0 Å². The number of hydrogen-bond donors (Lipinski definition) is 3. The SMILES string of the molecule is COc1ccc2c(c1)C(CNC[C@H](O)COc1ccc(OCc3ccccc3)c(NS(C)(=O)=O)c1)CCC2. The molecule has 3 aromatic rings. The van der Waals surface area contributed by atoms with Gasteiger partial charge in [0.2, 0.25) is 10.0 Å². The summed E-state index contributed by atoms with van der Waals surface area (Å²) < 4.78 is 43.3. The molecule has 0 saturated heterocycles. The highest BCUT2D eigenvalue weighted by Gasteiger charge is 2.21. The van der Waals surface area contributed by atoms with Gasteiger partial charge < -0.3 is 24.6 Å². The van der Waals surface area contributed by atoms with Gasteiger partial charge in [0, 0.05) is 19.2 Å². The number of fused-ring (bicyclic) bond motifs is 1. The lowest BCUT2D eigenvalue weighted by Crippen LogP contribution is -2.34. The minimum absolute atomic E-state index is 0.0601. The number of rotatable bonds is 13. The minimum atomic E-state index is -3.53. The Balaban J connectivity index is 1.30. The van der Waals surface area contributed by atoms with E-state index in [4.69, 9.17) is 14.2 Å². The van der Waals surface area contributed by atoms with Crippen molar-refractivity contribution in [1.82, 2.24) is 5.32 Å². The van der Waals surface area contributed by atoms with Gasteiger partial charge in [-0.05, 0) is 66.1 Å². The maximum atomic E-state index is 11.9. The summed E-state index contributed by atoms with van der Waals surface area (Å²) in [6.07, 6.45) is 3.67. The fourth-order valence-electron chi connectivity index (χ4n) is 4.63. The predicted octanol–water partition coefficient (Wildman–Crippen LogP) is 4.10. The Morgan fingerprint density at radius 3 is 2.58 bits per heavy atom. The van der Waals surface area contributed by atoms with Crippen LogP contribution in [0.5, 0.6) is 17.2 Å². The van der Waals surface area contributed by atoms with Crippen molar-refractivity contribution in [3.05, 3.63) is 83.4 Å². The minimum Gasteiger partial charge on any atom is -0.497 e. The van der Waals surface area contributed by atoms with E-state index in [0.29, 0.717) is 30.6 Å². The average Bonchev–Trinajstić information content (AvgIpc) is 2.91. The molecule has 204 valence electrons. The van der Waals surface area contributed by atoms with Crippen molar-refractivity contribution in [2.45, 2.75) is 37.9 Å². The fourth-order valence-corrected chi connectivity index (χ4v) is 5.19. The molecule has 1 aliphatic carbocycles. The molecule has 38 heavy (non-hydrogen) atoms. The third-order valence-electron chi connectivity index (χ3n) is 6.49. The van der Waals surface area contributed by atoms with Crippen LogP contribution in [0, 0.1) is 0 Å². The zero-order chi connectivity index (χ0) is 27.0. The molecular weight excluding hydrogens is 504 g/mol. The second kappa shape index (κ2) is 13.0. The van der Waals surface area contributed by atoms with Gasteiger partial charge in [-0.25, -0.2) is 8.42 Å². The van der Waals surface area contributed by atoms with E-state index in [1.165, 1.54) is 11.1 Å². The maximum Gasteiger partial charge on any atom is 0.229 e. The number of aryl methyl sites for hydroxylation is 1. The highest BCUT2D eigenvalue weighted by Crippen LogP contribution is 2.34. The molecule has 8 nitrogen and oxygen atoms in total. The molecule has 0 aliphatic heterocycles. The Kier molecular flexibility index (Phi) is 9.49. The first-order valence-corrected chi connectivity index (χ1v) is 14.7. The van der Waals surface area contributed by atoms with E-state index in [1.54, 1.807) is 25.3 Å². The second-order valence-corrected chi connectivity index (χ2v) is 11.3. The molecule has 1 aliphatic rings. The van der Waals surface area contributed by atoms with Gasteiger partial charge in [0.15, 0.2) is 0 Å². The molecule has 0 bridgehead atoms. The molecule has 9 heteroatoms. The Labute approximate surface area is 225 Å². The molecule has 0 spiro atoms. The molecule has 0 aromatic heterocycles. The number of aliphatic hydroxyl groups is 1. The highest BCUT2D eigenvalue weighted by atomic mass is 32.2. The first kappa shape index (κ1) is 27.8. The Hall–Kier alpha value is -3.27. The first-order chi connectivity index (χ1) is 18.3. The maximum absolute atomic E-state index is 11.9. The molecular formula is C29H36N2O6S. The molecule has 2 atom stereocenters. The van der Waals surface area contributed by atoms with Crippen molar-refractivity contribution in [3.8, 4) is 17.2 Å². The third kappa shape index (κ3) is 8.11. The first-order valence-electron chi connectivity index (χ1n) is 12.8. The van der Waals surface area contributed by atoms with Crippen molar-refractivity contribution in [2.24, 2.45) is 0 Å². The number of ether oxygens (including phenoxy) is 3. The lowest BCUT2D eigenvalue weighted by Gasteiger charge is -2.26. The number of hydrogen-bond acceptors (Lipinski definition) is 7. The van der Waals surface area contributed by atoms with Gasteiger partial charge >= 0.3 is 0 Å². The predicted molar refractivity (Wildman–Crippen MR) is 149 cm³/mol. The van der Waals surface area contributed by atoms with Gasteiger partial charge in [-0.3, -0.25) is 4.72 Å². The van der Waals surface area contributed by atoms with Crippen LogP contribution in [0.15, 0.2) is 66.7 Å². The lowest BCUT2D eigenvalue weighted by atomic mass is 9.82. The summed E-state index contributed by atoms with van der Waals surface area (Å²) in [6.45, 7) is 1.49. The Morgan fingerprint density at radius 1 is 1.03 bits per heavy atom. The topological polar surface area (TPSA) is 106 Å². The molecule has 4 rings (SSSR count). The summed E-state index contributed by atoms with van der Waals surface area (Å²) in [5.41, 5.74) is 3.92. The number of methoxy groups -OCH3 is 1. The largest absolute Gasteiger partial charge is 0.497 e. The number of sulfonamides is 1. The molecule has 0 heterocycles.